The van der Waals surface area contributed by atoms with Gasteiger partial charge in [0.2, 0.25) is 0 Å². The maximum atomic E-state index is 13.7. The molecule has 0 amide bonds. The molecule has 0 saturated carbocycles. The number of hydrogen-bond donors (Lipinski definition) is 2. The summed E-state index contributed by atoms with van der Waals surface area (Å²) in [7, 11) is 0. The summed E-state index contributed by atoms with van der Waals surface area (Å²) in [5.74, 6) is -2.57. The molecule has 7 heteroatoms. The van der Waals surface area contributed by atoms with Crippen LogP contribution < -0.4 is 10.5 Å². The second kappa shape index (κ2) is 5.05. The molecule has 3 N–H and O–H groups in total. The van der Waals surface area contributed by atoms with Crippen LogP contribution in [0.3, 0.4) is 0 Å². The van der Waals surface area contributed by atoms with Crippen molar-refractivity contribution in [1.29, 1.82) is 5.41 Å². The fourth-order valence-corrected chi connectivity index (χ4v) is 1.50. The van der Waals surface area contributed by atoms with E-state index in [2.05, 4.69) is 5.10 Å². The molecule has 0 fully saturated rings. The topological polar surface area (TPSA) is 76.9 Å². The zero-order valence-corrected chi connectivity index (χ0v) is 10.2. The van der Waals surface area contributed by atoms with Gasteiger partial charge in [-0.25, -0.2) is 8.78 Å². The molecule has 1 heterocycles. The predicted molar refractivity (Wildman–Crippen MR) is 65.3 cm³/mol. The van der Waals surface area contributed by atoms with Crippen LogP contribution in [0.1, 0.15) is 12.5 Å². The average molecular weight is 266 g/mol. The number of nitrogen functional groups attached to an aromatic ring is 1. The first-order valence-corrected chi connectivity index (χ1v) is 5.55. The number of ether oxygens (including phenoxy) is 1. The standard InChI is InChI=1S/C12H12F2N4O/c1-2-18-6-8(5-17-18)19-11-9(13)3-7(12(15)16)4-10(11)14/h3-6H,2H2,1H3,(H3,15,16). The molecule has 0 spiro atoms. The molecule has 0 atom stereocenters. The van der Waals surface area contributed by atoms with Crippen molar-refractivity contribution in [3.05, 3.63) is 41.7 Å². The van der Waals surface area contributed by atoms with E-state index in [4.69, 9.17) is 15.9 Å². The maximum absolute atomic E-state index is 13.7. The first kappa shape index (κ1) is 13.0. The molecule has 2 aromatic rings. The second-order valence-corrected chi connectivity index (χ2v) is 3.82. The molecule has 0 aliphatic heterocycles. The van der Waals surface area contributed by atoms with E-state index in [1.54, 1.807) is 4.68 Å². The molecule has 19 heavy (non-hydrogen) atoms. The second-order valence-electron chi connectivity index (χ2n) is 3.82. The third-order valence-electron chi connectivity index (χ3n) is 2.46. The smallest absolute Gasteiger partial charge is 0.198 e. The van der Waals surface area contributed by atoms with Crippen molar-refractivity contribution in [2.24, 2.45) is 5.73 Å². The Morgan fingerprint density at radius 1 is 1.42 bits per heavy atom. The Labute approximate surface area is 108 Å². The van der Waals surface area contributed by atoms with E-state index in [1.807, 2.05) is 6.92 Å². The molecule has 0 radical (unpaired) electrons. The van der Waals surface area contributed by atoms with Gasteiger partial charge in [0.25, 0.3) is 0 Å². The quantitative estimate of drug-likeness (QED) is 0.658. The van der Waals surface area contributed by atoms with Crippen LogP contribution >= 0.6 is 0 Å². The normalized spacial score (nSPS) is 10.5. The minimum atomic E-state index is -0.922. The third-order valence-corrected chi connectivity index (χ3v) is 2.46. The number of halogens is 2. The Hall–Kier alpha value is -2.44. The lowest BCUT2D eigenvalue weighted by molar-refractivity contribution is 0.406. The van der Waals surface area contributed by atoms with E-state index in [1.165, 1.54) is 12.4 Å². The molecule has 2 rings (SSSR count). The summed E-state index contributed by atoms with van der Waals surface area (Å²) in [5.41, 5.74) is 5.14. The Morgan fingerprint density at radius 2 is 2.05 bits per heavy atom. The fraction of sp³-hybridized carbons (Fsp3) is 0.167. The Kier molecular flexibility index (Phi) is 3.46. The van der Waals surface area contributed by atoms with Gasteiger partial charge >= 0.3 is 0 Å². The number of benzene rings is 1. The van der Waals surface area contributed by atoms with Crippen LogP contribution in [-0.2, 0) is 6.54 Å². The zero-order valence-electron chi connectivity index (χ0n) is 10.2. The van der Waals surface area contributed by atoms with Crippen LogP contribution in [0, 0.1) is 17.0 Å². The molecular formula is C12H12F2N4O. The highest BCUT2D eigenvalue weighted by atomic mass is 19.1. The average Bonchev–Trinajstić information content (AvgIpc) is 2.81. The van der Waals surface area contributed by atoms with Crippen LogP contribution in [0.2, 0.25) is 0 Å². The van der Waals surface area contributed by atoms with Gasteiger partial charge in [-0.3, -0.25) is 10.1 Å². The van der Waals surface area contributed by atoms with Gasteiger partial charge in [-0.05, 0) is 19.1 Å². The number of aryl methyl sites for hydroxylation is 1. The lowest BCUT2D eigenvalue weighted by atomic mass is 10.2. The molecular weight excluding hydrogens is 254 g/mol. The molecule has 0 bridgehead atoms. The van der Waals surface area contributed by atoms with Gasteiger partial charge in [-0.1, -0.05) is 0 Å². The molecule has 1 aromatic heterocycles. The summed E-state index contributed by atoms with van der Waals surface area (Å²) < 4.78 is 34.1. The van der Waals surface area contributed by atoms with Crippen molar-refractivity contribution in [3.8, 4) is 11.5 Å². The van der Waals surface area contributed by atoms with Crippen molar-refractivity contribution in [1.82, 2.24) is 9.78 Å². The predicted octanol–water partition coefficient (Wildman–Crippen LogP) is 2.26. The summed E-state index contributed by atoms with van der Waals surface area (Å²) in [4.78, 5) is 0. The SMILES string of the molecule is CCn1cc(Oc2c(F)cc(C(=N)N)cc2F)cn1. The van der Waals surface area contributed by atoms with Gasteiger partial charge < -0.3 is 10.5 Å². The Morgan fingerprint density at radius 3 is 2.53 bits per heavy atom. The molecule has 1 aromatic carbocycles. The Bertz CT molecular complexity index is 601. The van der Waals surface area contributed by atoms with Crippen LogP contribution in [0.15, 0.2) is 24.5 Å². The zero-order chi connectivity index (χ0) is 14.0. The van der Waals surface area contributed by atoms with Crippen LogP contribution in [0.25, 0.3) is 0 Å². The van der Waals surface area contributed by atoms with Gasteiger partial charge in [0.1, 0.15) is 5.84 Å². The number of hydrogen-bond acceptors (Lipinski definition) is 3. The lowest BCUT2D eigenvalue weighted by Crippen LogP contribution is -2.12. The highest BCUT2D eigenvalue weighted by Gasteiger charge is 2.15. The van der Waals surface area contributed by atoms with Crippen molar-refractivity contribution >= 4 is 5.84 Å². The lowest BCUT2D eigenvalue weighted by Gasteiger charge is -2.07. The first-order chi connectivity index (χ1) is 9.01. The molecule has 100 valence electrons. The molecule has 0 aliphatic carbocycles. The number of nitrogens with two attached hydrogens (primary N) is 1. The Balaban J connectivity index is 2.32. The number of nitrogens with one attached hydrogen (secondary N) is 1. The third kappa shape index (κ3) is 2.70. The highest BCUT2D eigenvalue weighted by molar-refractivity contribution is 5.95. The van der Waals surface area contributed by atoms with E-state index < -0.39 is 23.2 Å². The van der Waals surface area contributed by atoms with Gasteiger partial charge in [0.15, 0.2) is 23.1 Å². The summed E-state index contributed by atoms with van der Waals surface area (Å²) in [5, 5.41) is 11.1. The molecule has 5 nitrogen and oxygen atoms in total. The largest absolute Gasteiger partial charge is 0.448 e. The monoisotopic (exact) mass is 266 g/mol. The van der Waals surface area contributed by atoms with Gasteiger partial charge in [0.05, 0.1) is 12.4 Å². The minimum Gasteiger partial charge on any atom is -0.448 e. The highest BCUT2D eigenvalue weighted by Crippen LogP contribution is 2.28. The molecule has 0 aliphatic rings. The number of rotatable bonds is 4. The van der Waals surface area contributed by atoms with Gasteiger partial charge in [-0.15, -0.1) is 0 Å². The summed E-state index contributed by atoms with van der Waals surface area (Å²) in [6.07, 6.45) is 2.89. The van der Waals surface area contributed by atoms with Crippen LogP contribution in [0.4, 0.5) is 8.78 Å². The van der Waals surface area contributed by atoms with E-state index >= 15 is 0 Å². The van der Waals surface area contributed by atoms with E-state index in [0.29, 0.717) is 6.54 Å². The molecule has 0 saturated heterocycles. The van der Waals surface area contributed by atoms with E-state index in [0.717, 1.165) is 12.1 Å². The van der Waals surface area contributed by atoms with Crippen molar-refractivity contribution < 1.29 is 13.5 Å². The van der Waals surface area contributed by atoms with Crippen LogP contribution in [0.5, 0.6) is 11.5 Å². The first-order valence-electron chi connectivity index (χ1n) is 5.55. The number of nitrogens with zero attached hydrogens (tertiary/aromatic N) is 2. The number of aromatic nitrogens is 2. The summed E-state index contributed by atoms with van der Waals surface area (Å²) in [6.45, 7) is 2.50. The number of amidine groups is 1. The summed E-state index contributed by atoms with van der Waals surface area (Å²) in [6, 6.07) is 1.90. The van der Waals surface area contributed by atoms with Crippen molar-refractivity contribution in [2.45, 2.75) is 13.5 Å². The van der Waals surface area contributed by atoms with Crippen molar-refractivity contribution in [3.63, 3.8) is 0 Å². The van der Waals surface area contributed by atoms with E-state index in [-0.39, 0.29) is 11.3 Å². The van der Waals surface area contributed by atoms with Crippen LogP contribution in [-0.4, -0.2) is 15.6 Å². The van der Waals surface area contributed by atoms with Crippen molar-refractivity contribution in [2.75, 3.05) is 0 Å². The maximum Gasteiger partial charge on any atom is 0.198 e. The van der Waals surface area contributed by atoms with Gasteiger partial charge in [-0.2, -0.15) is 5.10 Å². The van der Waals surface area contributed by atoms with Gasteiger partial charge in [0, 0.05) is 12.1 Å². The fourth-order valence-electron chi connectivity index (χ4n) is 1.50. The van der Waals surface area contributed by atoms with E-state index in [9.17, 15) is 8.78 Å². The minimum absolute atomic E-state index is 0.0356. The molecule has 0 unspecified atom stereocenters. The summed E-state index contributed by atoms with van der Waals surface area (Å²) >= 11 is 0.